The molecule has 0 spiro atoms. The van der Waals surface area contributed by atoms with E-state index in [0.717, 1.165) is 0 Å². The highest BCUT2D eigenvalue weighted by Crippen LogP contribution is 2.20. The van der Waals surface area contributed by atoms with Crippen LogP contribution in [0.2, 0.25) is 0 Å². The van der Waals surface area contributed by atoms with Crippen LogP contribution in [0.1, 0.15) is 37.7 Å². The summed E-state index contributed by atoms with van der Waals surface area (Å²) in [6, 6.07) is 3.95. The second-order valence-corrected chi connectivity index (χ2v) is 8.99. The number of nitrogens with zero attached hydrogens (tertiary/aromatic N) is 2. The molecule has 10 N–H and O–H groups in total. The van der Waals surface area contributed by atoms with Gasteiger partial charge in [0.05, 0.1) is 12.5 Å². The Morgan fingerprint density at radius 2 is 1.68 bits per heavy atom. The van der Waals surface area contributed by atoms with Crippen molar-refractivity contribution in [2.24, 2.45) is 22.2 Å². The second-order valence-electron chi connectivity index (χ2n) is 8.99. The summed E-state index contributed by atoms with van der Waals surface area (Å²) in [7, 11) is 0. The first-order valence-corrected chi connectivity index (χ1v) is 12.2. The number of benzene rings is 1. The number of hydrogen-bond donors (Lipinski definition) is 7. The Kier molecular flexibility index (Phi) is 11.5. The van der Waals surface area contributed by atoms with Crippen LogP contribution < -0.4 is 27.8 Å². The first-order valence-electron chi connectivity index (χ1n) is 12.2. The number of amides is 3. The molecule has 3 amide bonds. The fourth-order valence-corrected chi connectivity index (χ4v) is 4.12. The maximum absolute atomic E-state index is 13.4. The average molecular weight is 534 g/mol. The molecule has 14 heteroatoms. The van der Waals surface area contributed by atoms with E-state index in [-0.39, 0.29) is 38.3 Å². The standard InChI is InChI=1S/C24H35N7O7/c25-15(8-4-10-28-24(26)27)20(34)29-16(13-19(32)33)21(35)30-17(12-14-6-2-1-3-7-14)22(36)31-11-5-9-18(31)23(37)38/h1-3,6-7,15-18H,4-5,8-13,25H2,(H,29,34)(H,30,35)(H,32,33)(H,37,38)(H4,26,27,28). The van der Waals surface area contributed by atoms with E-state index in [1.54, 1.807) is 30.3 Å². The Morgan fingerprint density at radius 1 is 1.03 bits per heavy atom. The molecule has 2 rings (SSSR count). The molecule has 1 aromatic rings. The molecule has 1 fully saturated rings. The minimum absolute atomic E-state index is 0.0340. The highest BCUT2D eigenvalue weighted by atomic mass is 16.4. The van der Waals surface area contributed by atoms with Crippen molar-refractivity contribution < 1.29 is 34.2 Å². The summed E-state index contributed by atoms with van der Waals surface area (Å²) >= 11 is 0. The van der Waals surface area contributed by atoms with Crippen LogP contribution in [0.25, 0.3) is 0 Å². The first-order chi connectivity index (χ1) is 18.0. The van der Waals surface area contributed by atoms with Gasteiger partial charge in [-0.3, -0.25) is 24.2 Å². The van der Waals surface area contributed by atoms with Crippen molar-refractivity contribution in [2.75, 3.05) is 13.1 Å². The van der Waals surface area contributed by atoms with Crippen LogP contribution in [0.15, 0.2) is 35.3 Å². The number of nitrogens with one attached hydrogen (secondary N) is 2. The third-order valence-corrected chi connectivity index (χ3v) is 6.03. The largest absolute Gasteiger partial charge is 0.481 e. The van der Waals surface area contributed by atoms with Gasteiger partial charge >= 0.3 is 11.9 Å². The lowest BCUT2D eigenvalue weighted by Gasteiger charge is -2.29. The predicted molar refractivity (Wildman–Crippen MR) is 137 cm³/mol. The lowest BCUT2D eigenvalue weighted by atomic mass is 10.0. The molecule has 38 heavy (non-hydrogen) atoms. The molecule has 4 unspecified atom stereocenters. The van der Waals surface area contributed by atoms with E-state index in [9.17, 15) is 34.2 Å². The molecule has 0 aliphatic carbocycles. The molecule has 0 radical (unpaired) electrons. The molecule has 1 aromatic carbocycles. The molecule has 0 saturated carbocycles. The number of aliphatic carboxylic acids is 2. The Labute approximate surface area is 219 Å². The maximum atomic E-state index is 13.4. The molecule has 1 aliphatic rings. The summed E-state index contributed by atoms with van der Waals surface area (Å²) in [5, 5.41) is 23.7. The van der Waals surface area contributed by atoms with Gasteiger partial charge in [0.25, 0.3) is 0 Å². The highest BCUT2D eigenvalue weighted by molar-refractivity contribution is 5.96. The van der Waals surface area contributed by atoms with Crippen LogP contribution in [-0.4, -0.2) is 88.0 Å². The Balaban J connectivity index is 2.17. The predicted octanol–water partition coefficient (Wildman–Crippen LogP) is -1.87. The van der Waals surface area contributed by atoms with Crippen molar-refractivity contribution in [2.45, 2.75) is 62.7 Å². The topological polar surface area (TPSA) is 244 Å². The SMILES string of the molecule is NC(N)=NCCCC(N)C(=O)NC(CC(=O)O)C(=O)NC(Cc1ccccc1)C(=O)N1CCCC1C(=O)O. The van der Waals surface area contributed by atoms with E-state index in [0.29, 0.717) is 18.4 Å². The van der Waals surface area contributed by atoms with Gasteiger partial charge in [0.15, 0.2) is 5.96 Å². The van der Waals surface area contributed by atoms with Crippen LogP contribution in [0.4, 0.5) is 0 Å². The normalized spacial score (nSPS) is 17.1. The molecule has 1 aliphatic heterocycles. The van der Waals surface area contributed by atoms with Gasteiger partial charge in [-0.2, -0.15) is 0 Å². The molecular weight excluding hydrogens is 498 g/mol. The molecule has 1 heterocycles. The van der Waals surface area contributed by atoms with Crippen LogP contribution in [-0.2, 0) is 30.4 Å². The fraction of sp³-hybridized carbons (Fsp3) is 0.500. The first kappa shape index (κ1) is 30.0. The summed E-state index contributed by atoms with van der Waals surface area (Å²) in [5.41, 5.74) is 17.1. The summed E-state index contributed by atoms with van der Waals surface area (Å²) in [6.07, 6.45) is 0.596. The monoisotopic (exact) mass is 533 g/mol. The third-order valence-electron chi connectivity index (χ3n) is 6.03. The van der Waals surface area contributed by atoms with E-state index >= 15 is 0 Å². The number of nitrogens with two attached hydrogens (primary N) is 3. The van der Waals surface area contributed by atoms with Gasteiger partial charge in [0.2, 0.25) is 17.7 Å². The van der Waals surface area contributed by atoms with Gasteiger partial charge < -0.3 is 42.9 Å². The number of carbonyl (C=O) groups is 5. The quantitative estimate of drug-likeness (QED) is 0.0797. The molecule has 208 valence electrons. The Morgan fingerprint density at radius 3 is 2.29 bits per heavy atom. The van der Waals surface area contributed by atoms with Crippen LogP contribution in [0, 0.1) is 0 Å². The van der Waals surface area contributed by atoms with Crippen molar-refractivity contribution >= 4 is 35.6 Å². The summed E-state index contributed by atoms with van der Waals surface area (Å²) in [5.74, 6) is -4.89. The Bertz CT molecular complexity index is 1030. The van der Waals surface area contributed by atoms with Crippen LogP contribution in [0.5, 0.6) is 0 Å². The molecule has 1 saturated heterocycles. The summed E-state index contributed by atoms with van der Waals surface area (Å²) in [4.78, 5) is 67.1. The molecule has 0 bridgehead atoms. The average Bonchev–Trinajstić information content (AvgIpc) is 3.36. The number of carboxylic acids is 2. The zero-order valence-corrected chi connectivity index (χ0v) is 20.9. The van der Waals surface area contributed by atoms with Gasteiger partial charge in [-0.15, -0.1) is 0 Å². The lowest BCUT2D eigenvalue weighted by molar-refractivity contribution is -0.149. The van der Waals surface area contributed by atoms with Crippen molar-refractivity contribution in [3.8, 4) is 0 Å². The number of rotatable bonds is 14. The minimum atomic E-state index is -1.52. The van der Waals surface area contributed by atoms with Gasteiger partial charge in [-0.05, 0) is 31.2 Å². The van der Waals surface area contributed by atoms with E-state index in [2.05, 4.69) is 15.6 Å². The smallest absolute Gasteiger partial charge is 0.326 e. The lowest BCUT2D eigenvalue weighted by Crippen LogP contribution is -2.58. The number of likely N-dealkylation sites (tertiary alicyclic amines) is 1. The number of hydrogen-bond acceptors (Lipinski definition) is 7. The minimum Gasteiger partial charge on any atom is -0.481 e. The number of carboxylic acid groups (broad SMARTS) is 2. The number of carbonyl (C=O) groups excluding carboxylic acids is 3. The Hall–Kier alpha value is -4.20. The van der Waals surface area contributed by atoms with Crippen molar-refractivity contribution in [1.82, 2.24) is 15.5 Å². The van der Waals surface area contributed by atoms with Crippen LogP contribution >= 0.6 is 0 Å². The van der Waals surface area contributed by atoms with E-state index in [4.69, 9.17) is 17.2 Å². The molecular formula is C24H35N7O7. The highest BCUT2D eigenvalue weighted by Gasteiger charge is 2.38. The molecule has 14 nitrogen and oxygen atoms in total. The number of guanidine groups is 1. The van der Waals surface area contributed by atoms with Gasteiger partial charge in [0, 0.05) is 19.5 Å². The second kappa shape index (κ2) is 14.5. The third kappa shape index (κ3) is 9.35. The fourth-order valence-electron chi connectivity index (χ4n) is 4.12. The molecule has 4 atom stereocenters. The molecule has 0 aromatic heterocycles. The van der Waals surface area contributed by atoms with Crippen molar-refractivity contribution in [3.05, 3.63) is 35.9 Å². The zero-order valence-electron chi connectivity index (χ0n) is 20.9. The maximum Gasteiger partial charge on any atom is 0.326 e. The summed E-state index contributed by atoms with van der Waals surface area (Å²) < 4.78 is 0. The van der Waals surface area contributed by atoms with E-state index in [1.165, 1.54) is 4.90 Å². The van der Waals surface area contributed by atoms with Gasteiger partial charge in [0.1, 0.15) is 18.1 Å². The summed E-state index contributed by atoms with van der Waals surface area (Å²) in [6.45, 7) is 0.445. The van der Waals surface area contributed by atoms with E-state index in [1.807, 2.05) is 0 Å². The van der Waals surface area contributed by atoms with Crippen LogP contribution in [0.3, 0.4) is 0 Å². The van der Waals surface area contributed by atoms with Crippen molar-refractivity contribution in [1.29, 1.82) is 0 Å². The van der Waals surface area contributed by atoms with E-state index < -0.39 is 60.2 Å². The van der Waals surface area contributed by atoms with Gasteiger partial charge in [-0.25, -0.2) is 4.79 Å². The van der Waals surface area contributed by atoms with Crippen molar-refractivity contribution in [3.63, 3.8) is 0 Å². The number of aliphatic imine (C=N–C) groups is 1. The van der Waals surface area contributed by atoms with Gasteiger partial charge in [-0.1, -0.05) is 30.3 Å². The zero-order chi connectivity index (χ0) is 28.2.